The van der Waals surface area contributed by atoms with Crippen molar-refractivity contribution in [3.8, 4) is 0 Å². The molecule has 0 atom stereocenters. The highest BCUT2D eigenvalue weighted by Crippen LogP contribution is 2.31. The average molecular weight is 381 g/mol. The number of hydrogen-bond acceptors (Lipinski definition) is 4. The number of halogens is 1. The maximum atomic E-state index is 12.4. The van der Waals surface area contributed by atoms with E-state index < -0.39 is 5.91 Å². The lowest BCUT2D eigenvalue weighted by molar-refractivity contribution is -0.114. The van der Waals surface area contributed by atoms with E-state index in [0.29, 0.717) is 10.2 Å². The van der Waals surface area contributed by atoms with Crippen LogP contribution in [0, 0.1) is 12.3 Å². The van der Waals surface area contributed by atoms with E-state index in [4.69, 9.17) is 17.0 Å². The number of aryl methyl sites for hydroxylation is 1. The Kier molecular flexibility index (Phi) is 4.22. The van der Waals surface area contributed by atoms with Crippen LogP contribution in [0.25, 0.3) is 6.08 Å². The molecule has 2 heterocycles. The van der Waals surface area contributed by atoms with Gasteiger partial charge in [-0.2, -0.15) is 15.1 Å². The molecule has 2 aliphatic heterocycles. The number of benzene rings is 2. The first kappa shape index (κ1) is 16.8. The molecule has 128 valence electrons. The maximum absolute atomic E-state index is 12.4. The Bertz CT molecular complexity index is 1020. The molecule has 2 aromatic carbocycles. The summed E-state index contributed by atoms with van der Waals surface area (Å²) in [5.41, 5.74) is 3.03. The number of carbonyl (C=O) groups excluding carboxylic acids is 1. The molecule has 0 saturated heterocycles. The Labute approximate surface area is 159 Å². The molecule has 2 aliphatic rings. The predicted molar refractivity (Wildman–Crippen MR) is 107 cm³/mol. The lowest BCUT2D eigenvalue weighted by Gasteiger charge is -2.20. The minimum absolute atomic E-state index is 0.0186. The maximum Gasteiger partial charge on any atom is 0.283 e. The summed E-state index contributed by atoms with van der Waals surface area (Å²) < 4.78 is 0. The fourth-order valence-corrected chi connectivity index (χ4v) is 3.63. The largest absolute Gasteiger partial charge is 0.283 e. The molecule has 0 aliphatic carbocycles. The zero-order valence-electron chi connectivity index (χ0n) is 13.7. The standard InChI is InChI=1S/C19H13ClN4OS/c1-11-3-2-4-13(9-11)18-23-24-16(21)15(17(25)22-19(24)26-18)10-12-5-7-14(20)8-6-12/h2-10,21H,1H3/b15-10-,21-16?. The van der Waals surface area contributed by atoms with E-state index in [9.17, 15) is 4.79 Å². The monoisotopic (exact) mass is 380 g/mol. The second kappa shape index (κ2) is 6.55. The Morgan fingerprint density at radius 3 is 2.69 bits per heavy atom. The van der Waals surface area contributed by atoms with Crippen LogP contribution in [0.5, 0.6) is 0 Å². The second-order valence-corrected chi connectivity index (χ2v) is 7.24. The Morgan fingerprint density at radius 2 is 1.96 bits per heavy atom. The number of thioether (sulfide) groups is 1. The van der Waals surface area contributed by atoms with Gasteiger partial charge in [0, 0.05) is 10.6 Å². The summed E-state index contributed by atoms with van der Waals surface area (Å²) in [7, 11) is 0. The molecule has 26 heavy (non-hydrogen) atoms. The van der Waals surface area contributed by atoms with E-state index in [1.54, 1.807) is 30.3 Å². The lowest BCUT2D eigenvalue weighted by atomic mass is 10.1. The molecule has 1 N–H and O–H groups in total. The number of amidine groups is 2. The molecule has 1 amide bonds. The predicted octanol–water partition coefficient (Wildman–Crippen LogP) is 4.32. The average Bonchev–Trinajstić information content (AvgIpc) is 3.04. The molecule has 5 nitrogen and oxygen atoms in total. The molecule has 7 heteroatoms. The molecular formula is C19H13ClN4OS. The van der Waals surface area contributed by atoms with Gasteiger partial charge >= 0.3 is 0 Å². The van der Waals surface area contributed by atoms with Gasteiger partial charge in [-0.15, -0.1) is 0 Å². The van der Waals surface area contributed by atoms with E-state index in [1.165, 1.54) is 16.8 Å². The van der Waals surface area contributed by atoms with Gasteiger partial charge in [0.15, 0.2) is 5.84 Å². The summed E-state index contributed by atoms with van der Waals surface area (Å²) in [4.78, 5) is 16.5. The van der Waals surface area contributed by atoms with E-state index in [0.717, 1.165) is 21.7 Å². The smallest absolute Gasteiger partial charge is 0.282 e. The first-order chi connectivity index (χ1) is 12.5. The van der Waals surface area contributed by atoms with Gasteiger partial charge in [-0.05, 0) is 48.5 Å². The SMILES string of the molecule is Cc1cccc(C2=NN3C(=N)/C(=C/c4ccc(Cl)cc4)C(=O)N=C3S2)c1. The van der Waals surface area contributed by atoms with Crippen molar-refractivity contribution in [3.05, 3.63) is 75.8 Å². The molecule has 0 bridgehead atoms. The minimum Gasteiger partial charge on any atom is -0.282 e. The zero-order chi connectivity index (χ0) is 18.3. The van der Waals surface area contributed by atoms with E-state index in [-0.39, 0.29) is 11.4 Å². The van der Waals surface area contributed by atoms with Crippen molar-refractivity contribution in [2.75, 3.05) is 0 Å². The van der Waals surface area contributed by atoms with Crippen molar-refractivity contribution in [2.45, 2.75) is 6.92 Å². The number of fused-ring (bicyclic) bond motifs is 1. The van der Waals surface area contributed by atoms with Crippen LogP contribution in [-0.4, -0.2) is 27.0 Å². The zero-order valence-corrected chi connectivity index (χ0v) is 15.3. The number of nitrogens with one attached hydrogen (secondary N) is 1. The second-order valence-electron chi connectivity index (χ2n) is 5.85. The van der Waals surface area contributed by atoms with Crippen LogP contribution in [0.1, 0.15) is 16.7 Å². The first-order valence-electron chi connectivity index (χ1n) is 7.84. The summed E-state index contributed by atoms with van der Waals surface area (Å²) in [6.45, 7) is 2.01. The van der Waals surface area contributed by atoms with Gasteiger partial charge in [0.25, 0.3) is 5.91 Å². The molecule has 0 spiro atoms. The van der Waals surface area contributed by atoms with Crippen LogP contribution in [-0.2, 0) is 4.79 Å². The molecule has 0 fully saturated rings. The van der Waals surface area contributed by atoms with Gasteiger partial charge in [0.2, 0.25) is 5.17 Å². The van der Waals surface area contributed by atoms with Crippen LogP contribution >= 0.6 is 23.4 Å². The highest BCUT2D eigenvalue weighted by molar-refractivity contribution is 8.27. The van der Waals surface area contributed by atoms with Gasteiger partial charge in [0.05, 0.1) is 5.57 Å². The van der Waals surface area contributed by atoms with Crippen molar-refractivity contribution in [2.24, 2.45) is 10.1 Å². The topological polar surface area (TPSA) is 68.9 Å². The quantitative estimate of drug-likeness (QED) is 0.789. The number of nitrogens with zero attached hydrogens (tertiary/aromatic N) is 3. The number of hydrogen-bond donors (Lipinski definition) is 1. The third-order valence-electron chi connectivity index (χ3n) is 3.90. The van der Waals surface area contributed by atoms with Crippen molar-refractivity contribution in [1.29, 1.82) is 5.41 Å². The van der Waals surface area contributed by atoms with Crippen LogP contribution < -0.4 is 0 Å². The number of hydrazone groups is 1. The van der Waals surface area contributed by atoms with Gasteiger partial charge in [0.1, 0.15) is 5.04 Å². The molecule has 4 rings (SSSR count). The summed E-state index contributed by atoms with van der Waals surface area (Å²) >= 11 is 7.18. The Morgan fingerprint density at radius 1 is 1.19 bits per heavy atom. The van der Waals surface area contributed by atoms with Crippen LogP contribution in [0.3, 0.4) is 0 Å². The van der Waals surface area contributed by atoms with Crippen molar-refractivity contribution in [3.63, 3.8) is 0 Å². The number of aliphatic imine (C=N–C) groups is 1. The first-order valence-corrected chi connectivity index (χ1v) is 9.03. The fourth-order valence-electron chi connectivity index (χ4n) is 2.61. The van der Waals surface area contributed by atoms with Gasteiger partial charge in [-0.25, -0.2) is 0 Å². The highest BCUT2D eigenvalue weighted by Gasteiger charge is 2.35. The summed E-state index contributed by atoms with van der Waals surface area (Å²) in [6, 6.07) is 15.0. The molecule has 0 saturated carbocycles. The summed E-state index contributed by atoms with van der Waals surface area (Å²) in [5.74, 6) is -0.422. The Balaban J connectivity index is 1.69. The molecule has 2 aromatic rings. The van der Waals surface area contributed by atoms with Gasteiger partial charge in [-0.3, -0.25) is 10.2 Å². The van der Waals surface area contributed by atoms with E-state index in [1.807, 2.05) is 31.2 Å². The van der Waals surface area contributed by atoms with Gasteiger partial charge in [-0.1, -0.05) is 47.5 Å². The van der Waals surface area contributed by atoms with Crippen molar-refractivity contribution in [1.82, 2.24) is 5.01 Å². The normalized spacial score (nSPS) is 18.1. The highest BCUT2D eigenvalue weighted by atomic mass is 35.5. The third-order valence-corrected chi connectivity index (χ3v) is 5.11. The lowest BCUT2D eigenvalue weighted by Crippen LogP contribution is -2.35. The van der Waals surface area contributed by atoms with Crippen LogP contribution in [0.2, 0.25) is 5.02 Å². The number of rotatable bonds is 2. The van der Waals surface area contributed by atoms with E-state index >= 15 is 0 Å². The molecule has 0 radical (unpaired) electrons. The fraction of sp³-hybridized carbons (Fsp3) is 0.0526. The summed E-state index contributed by atoms with van der Waals surface area (Å²) in [5, 5.41) is 16.0. The molecular weight excluding hydrogens is 368 g/mol. The third kappa shape index (κ3) is 3.09. The summed E-state index contributed by atoms with van der Waals surface area (Å²) in [6.07, 6.45) is 1.63. The number of amides is 1. The van der Waals surface area contributed by atoms with Crippen LogP contribution in [0.15, 0.2) is 64.2 Å². The van der Waals surface area contributed by atoms with E-state index in [2.05, 4.69) is 10.1 Å². The van der Waals surface area contributed by atoms with Crippen molar-refractivity contribution < 1.29 is 4.79 Å². The molecule has 0 aromatic heterocycles. The van der Waals surface area contributed by atoms with Crippen molar-refractivity contribution >= 4 is 51.4 Å². The molecule has 0 unspecified atom stereocenters. The minimum atomic E-state index is -0.440. The Hall–Kier alpha value is -2.70. The van der Waals surface area contributed by atoms with Crippen LogP contribution in [0.4, 0.5) is 0 Å². The van der Waals surface area contributed by atoms with Gasteiger partial charge < -0.3 is 0 Å². The number of carbonyl (C=O) groups is 1.